The van der Waals surface area contributed by atoms with Crippen molar-refractivity contribution in [2.45, 2.75) is 6.04 Å². The second-order valence-electron chi connectivity index (χ2n) is 4.14. The fraction of sp³-hybridized carbons (Fsp3) is 0.200. The molecule has 2 aromatic carbocycles. The largest absolute Gasteiger partial charge is 0.495 e. The van der Waals surface area contributed by atoms with Gasteiger partial charge in [-0.2, -0.15) is 0 Å². The Morgan fingerprint density at radius 3 is 2.53 bits per heavy atom. The van der Waals surface area contributed by atoms with E-state index < -0.39 is 0 Å². The van der Waals surface area contributed by atoms with E-state index in [0.29, 0.717) is 10.8 Å². The molecule has 0 saturated heterocycles. The van der Waals surface area contributed by atoms with E-state index in [2.05, 4.69) is 27.3 Å². The van der Waals surface area contributed by atoms with Gasteiger partial charge in [0.2, 0.25) is 0 Å². The number of hydrogen-bond acceptors (Lipinski definition) is 2. The minimum Gasteiger partial charge on any atom is -0.495 e. The molecule has 4 heteroatoms. The van der Waals surface area contributed by atoms with E-state index in [1.165, 1.54) is 5.56 Å². The van der Waals surface area contributed by atoms with Gasteiger partial charge in [-0.3, -0.25) is 0 Å². The normalized spacial score (nSPS) is 12.2. The van der Waals surface area contributed by atoms with Crippen molar-refractivity contribution in [2.24, 2.45) is 0 Å². The summed E-state index contributed by atoms with van der Waals surface area (Å²) in [5.41, 5.74) is 2.27. The first-order valence-electron chi connectivity index (χ1n) is 5.92. The predicted molar refractivity (Wildman–Crippen MR) is 83.0 cm³/mol. The first-order valence-corrected chi connectivity index (χ1v) is 7.09. The van der Waals surface area contributed by atoms with Gasteiger partial charge in [-0.25, -0.2) is 0 Å². The lowest BCUT2D eigenvalue weighted by molar-refractivity contribution is 0.414. The van der Waals surface area contributed by atoms with Crippen molar-refractivity contribution in [1.82, 2.24) is 5.32 Å². The van der Waals surface area contributed by atoms with Crippen LogP contribution in [0.1, 0.15) is 17.2 Å². The Kier molecular flexibility index (Phi) is 4.86. The van der Waals surface area contributed by atoms with Crippen molar-refractivity contribution >= 4 is 27.5 Å². The summed E-state index contributed by atoms with van der Waals surface area (Å²) in [6.45, 7) is 0. The molecule has 1 unspecified atom stereocenters. The van der Waals surface area contributed by atoms with Crippen molar-refractivity contribution in [3.8, 4) is 5.75 Å². The van der Waals surface area contributed by atoms with Gasteiger partial charge in [0, 0.05) is 4.47 Å². The summed E-state index contributed by atoms with van der Waals surface area (Å²) in [6, 6.07) is 14.1. The summed E-state index contributed by atoms with van der Waals surface area (Å²) in [5.74, 6) is 0.687. The van der Waals surface area contributed by atoms with Gasteiger partial charge < -0.3 is 10.1 Å². The monoisotopic (exact) mass is 339 g/mol. The van der Waals surface area contributed by atoms with E-state index in [1.54, 1.807) is 7.11 Å². The van der Waals surface area contributed by atoms with Gasteiger partial charge in [0.15, 0.2) is 0 Å². The zero-order valence-electron chi connectivity index (χ0n) is 10.8. The maximum absolute atomic E-state index is 6.19. The maximum Gasteiger partial charge on any atom is 0.137 e. The average Bonchev–Trinajstić information content (AvgIpc) is 2.42. The van der Waals surface area contributed by atoms with Crippen LogP contribution in [0.2, 0.25) is 5.02 Å². The molecule has 0 aliphatic carbocycles. The Hall–Kier alpha value is -1.03. The number of ether oxygens (including phenoxy) is 1. The predicted octanol–water partition coefficient (Wildman–Crippen LogP) is 4.42. The van der Waals surface area contributed by atoms with Crippen molar-refractivity contribution in [3.63, 3.8) is 0 Å². The van der Waals surface area contributed by atoms with Crippen LogP contribution in [0.3, 0.4) is 0 Å². The summed E-state index contributed by atoms with van der Waals surface area (Å²) >= 11 is 9.78. The Morgan fingerprint density at radius 2 is 1.95 bits per heavy atom. The van der Waals surface area contributed by atoms with Crippen LogP contribution < -0.4 is 10.1 Å². The van der Waals surface area contributed by atoms with Crippen molar-refractivity contribution in [1.29, 1.82) is 0 Å². The van der Waals surface area contributed by atoms with Crippen LogP contribution in [0.25, 0.3) is 0 Å². The molecule has 0 fully saturated rings. The molecule has 2 rings (SSSR count). The van der Waals surface area contributed by atoms with Crippen LogP contribution in [0, 0.1) is 0 Å². The summed E-state index contributed by atoms with van der Waals surface area (Å²) in [6.07, 6.45) is 0. The highest BCUT2D eigenvalue weighted by molar-refractivity contribution is 9.10. The molecule has 2 nitrogen and oxygen atoms in total. The molecule has 0 heterocycles. The smallest absolute Gasteiger partial charge is 0.137 e. The zero-order chi connectivity index (χ0) is 13.8. The van der Waals surface area contributed by atoms with E-state index in [-0.39, 0.29) is 6.04 Å². The van der Waals surface area contributed by atoms with E-state index >= 15 is 0 Å². The number of halogens is 2. The molecule has 0 aliphatic heterocycles. The molecule has 100 valence electrons. The third-order valence-corrected chi connectivity index (χ3v) is 4.03. The molecule has 0 bridgehead atoms. The van der Waals surface area contributed by atoms with Crippen molar-refractivity contribution in [2.75, 3.05) is 14.2 Å². The molecule has 0 aliphatic rings. The standard InChI is InChI=1S/C15H15BrClNO/c1-18-15(11-5-3-4-6-12(11)16)10-7-8-14(19-2)13(17)9-10/h3-9,15,18H,1-2H3. The molecule has 0 amide bonds. The fourth-order valence-corrected chi connectivity index (χ4v) is 2.85. The Labute approximate surface area is 126 Å². The minimum absolute atomic E-state index is 0.0824. The van der Waals surface area contributed by atoms with Gasteiger partial charge in [0.1, 0.15) is 5.75 Å². The van der Waals surface area contributed by atoms with Crippen LogP contribution >= 0.6 is 27.5 Å². The van der Waals surface area contributed by atoms with Crippen LogP contribution in [0.15, 0.2) is 46.9 Å². The second kappa shape index (κ2) is 6.42. The van der Waals surface area contributed by atoms with E-state index in [9.17, 15) is 0 Å². The van der Waals surface area contributed by atoms with Gasteiger partial charge in [-0.1, -0.05) is 51.8 Å². The van der Waals surface area contributed by atoms with Gasteiger partial charge in [0.05, 0.1) is 18.2 Å². The second-order valence-corrected chi connectivity index (χ2v) is 5.40. The summed E-state index contributed by atoms with van der Waals surface area (Å²) in [4.78, 5) is 0. The third-order valence-electron chi connectivity index (χ3n) is 3.01. The Bertz CT molecular complexity index is 574. The Morgan fingerprint density at radius 1 is 1.21 bits per heavy atom. The molecular formula is C15H15BrClNO. The fourth-order valence-electron chi connectivity index (χ4n) is 2.07. The Balaban J connectivity index is 2.43. The summed E-state index contributed by atoms with van der Waals surface area (Å²) in [5, 5.41) is 3.93. The van der Waals surface area contributed by atoms with Crippen molar-refractivity contribution in [3.05, 3.63) is 63.1 Å². The maximum atomic E-state index is 6.19. The lowest BCUT2D eigenvalue weighted by Crippen LogP contribution is -2.18. The molecule has 1 atom stereocenters. The molecule has 0 spiro atoms. The summed E-state index contributed by atoms with van der Waals surface area (Å²) in [7, 11) is 3.55. The molecule has 2 aromatic rings. The topological polar surface area (TPSA) is 21.3 Å². The summed E-state index contributed by atoms with van der Waals surface area (Å²) < 4.78 is 6.25. The highest BCUT2D eigenvalue weighted by Crippen LogP contribution is 2.32. The first kappa shape index (κ1) is 14.4. The van der Waals surface area contributed by atoms with E-state index in [4.69, 9.17) is 16.3 Å². The highest BCUT2D eigenvalue weighted by atomic mass is 79.9. The number of methoxy groups -OCH3 is 1. The van der Waals surface area contributed by atoms with Gasteiger partial charge >= 0.3 is 0 Å². The first-order chi connectivity index (χ1) is 9.17. The number of nitrogens with one attached hydrogen (secondary N) is 1. The quantitative estimate of drug-likeness (QED) is 0.889. The minimum atomic E-state index is 0.0824. The van der Waals surface area contributed by atoms with Crippen LogP contribution in [0.4, 0.5) is 0 Å². The van der Waals surface area contributed by atoms with Gasteiger partial charge in [-0.05, 0) is 36.4 Å². The molecule has 0 aromatic heterocycles. The van der Waals surface area contributed by atoms with E-state index in [0.717, 1.165) is 10.0 Å². The highest BCUT2D eigenvalue weighted by Gasteiger charge is 2.15. The molecule has 0 radical (unpaired) electrons. The lowest BCUT2D eigenvalue weighted by atomic mass is 9.99. The number of rotatable bonds is 4. The van der Waals surface area contributed by atoms with Gasteiger partial charge in [-0.15, -0.1) is 0 Å². The molecular weight excluding hydrogens is 326 g/mol. The average molecular weight is 341 g/mol. The molecule has 19 heavy (non-hydrogen) atoms. The van der Waals surface area contributed by atoms with Gasteiger partial charge in [0.25, 0.3) is 0 Å². The molecule has 1 N–H and O–H groups in total. The number of benzene rings is 2. The van der Waals surface area contributed by atoms with E-state index in [1.807, 2.05) is 43.4 Å². The molecule has 0 saturated carbocycles. The SMILES string of the molecule is CNC(c1ccc(OC)c(Cl)c1)c1ccccc1Br. The van der Waals surface area contributed by atoms with Crippen LogP contribution in [-0.2, 0) is 0 Å². The third kappa shape index (κ3) is 3.11. The van der Waals surface area contributed by atoms with Crippen LogP contribution in [0.5, 0.6) is 5.75 Å². The van der Waals surface area contributed by atoms with Crippen LogP contribution in [-0.4, -0.2) is 14.2 Å². The lowest BCUT2D eigenvalue weighted by Gasteiger charge is -2.19. The number of hydrogen-bond donors (Lipinski definition) is 1. The van der Waals surface area contributed by atoms with Crippen molar-refractivity contribution < 1.29 is 4.74 Å². The zero-order valence-corrected chi connectivity index (χ0v) is 13.1.